The summed E-state index contributed by atoms with van der Waals surface area (Å²) in [6.07, 6.45) is 13.8. The number of ether oxygens (including phenoxy) is 2. The zero-order valence-corrected chi connectivity index (χ0v) is 21.5. The molecule has 7 heteroatoms. The molecule has 0 aromatic rings. The smallest absolute Gasteiger partial charge is 0.318 e. The van der Waals surface area contributed by atoms with Gasteiger partial charge in [-0.25, -0.2) is 0 Å². The fourth-order valence-corrected chi connectivity index (χ4v) is 8.76. The van der Waals surface area contributed by atoms with E-state index in [1.807, 2.05) is 6.08 Å². The van der Waals surface area contributed by atoms with Crippen molar-refractivity contribution in [1.82, 2.24) is 10.2 Å². The molecule has 6 rings (SSSR count). The Labute approximate surface area is 209 Å². The van der Waals surface area contributed by atoms with E-state index < -0.39 is 11.3 Å². The van der Waals surface area contributed by atoms with Crippen LogP contribution in [0.3, 0.4) is 0 Å². The monoisotopic (exact) mass is 486 g/mol. The summed E-state index contributed by atoms with van der Waals surface area (Å²) in [5, 5.41) is 3.24. The van der Waals surface area contributed by atoms with Crippen molar-refractivity contribution in [3.05, 3.63) is 11.8 Å². The summed E-state index contributed by atoms with van der Waals surface area (Å²) in [6, 6.07) is 0. The zero-order chi connectivity index (χ0) is 24.6. The van der Waals surface area contributed by atoms with Crippen molar-refractivity contribution in [1.29, 1.82) is 0 Å². The number of nitrogens with zero attached hydrogens (tertiary/aromatic N) is 1. The number of allylic oxidation sites excluding steroid dienone is 1. The Bertz CT molecular complexity index is 847. The first kappa shape index (κ1) is 24.8. The molecule has 0 spiro atoms. The van der Waals surface area contributed by atoms with Crippen molar-refractivity contribution in [2.45, 2.75) is 77.0 Å². The van der Waals surface area contributed by atoms with Gasteiger partial charge in [0.1, 0.15) is 5.41 Å². The second-order valence-electron chi connectivity index (χ2n) is 12.1. The first-order chi connectivity index (χ1) is 16.9. The number of amides is 2. The topological polar surface area (TPSA) is 84.9 Å². The number of hydrogen-bond acceptors (Lipinski definition) is 5. The summed E-state index contributed by atoms with van der Waals surface area (Å²) in [6.45, 7) is 1.74. The first-order valence-electron chi connectivity index (χ1n) is 13.8. The van der Waals surface area contributed by atoms with Crippen molar-refractivity contribution < 1.29 is 23.9 Å². The van der Waals surface area contributed by atoms with E-state index >= 15 is 0 Å². The summed E-state index contributed by atoms with van der Waals surface area (Å²) >= 11 is 0. The van der Waals surface area contributed by atoms with Crippen molar-refractivity contribution in [3.8, 4) is 0 Å². The summed E-state index contributed by atoms with van der Waals surface area (Å²) in [4.78, 5) is 42.1. The van der Waals surface area contributed by atoms with Gasteiger partial charge in [0.05, 0.1) is 13.0 Å². The van der Waals surface area contributed by atoms with Crippen LogP contribution in [-0.2, 0) is 23.9 Å². The van der Waals surface area contributed by atoms with Crippen LogP contribution in [0, 0.1) is 34.5 Å². The number of carbonyl (C=O) groups excluding carboxylic acids is 3. The van der Waals surface area contributed by atoms with E-state index in [0.717, 1.165) is 42.7 Å². The minimum absolute atomic E-state index is 0.0401. The third-order valence-electron chi connectivity index (χ3n) is 9.76. The summed E-state index contributed by atoms with van der Waals surface area (Å²) in [5.74, 6) is 1.17. The van der Waals surface area contributed by atoms with Crippen LogP contribution in [0.25, 0.3) is 0 Å². The van der Waals surface area contributed by atoms with Gasteiger partial charge >= 0.3 is 5.97 Å². The van der Waals surface area contributed by atoms with E-state index in [9.17, 15) is 14.4 Å². The molecule has 2 atom stereocenters. The Morgan fingerprint density at radius 3 is 2.40 bits per heavy atom. The molecule has 1 N–H and O–H groups in total. The van der Waals surface area contributed by atoms with Gasteiger partial charge in [-0.2, -0.15) is 0 Å². The molecule has 35 heavy (non-hydrogen) atoms. The van der Waals surface area contributed by atoms with Gasteiger partial charge in [-0.1, -0.05) is 12.5 Å². The molecule has 4 bridgehead atoms. The molecule has 0 aromatic carbocycles. The highest BCUT2D eigenvalue weighted by Crippen LogP contribution is 2.60. The largest absolute Gasteiger partial charge is 0.468 e. The average Bonchev–Trinajstić information content (AvgIpc) is 2.96. The fourth-order valence-electron chi connectivity index (χ4n) is 8.76. The molecule has 2 amide bonds. The minimum Gasteiger partial charge on any atom is -0.468 e. The molecule has 0 aromatic heterocycles. The van der Waals surface area contributed by atoms with E-state index in [4.69, 9.17) is 9.47 Å². The molecule has 0 radical (unpaired) electrons. The van der Waals surface area contributed by atoms with Crippen LogP contribution in [0.1, 0.15) is 77.0 Å². The molecular formula is C28H42N2O5. The maximum absolute atomic E-state index is 13.7. The molecule has 0 unspecified atom stereocenters. The van der Waals surface area contributed by atoms with Gasteiger partial charge in [0.25, 0.3) is 0 Å². The van der Waals surface area contributed by atoms with Crippen molar-refractivity contribution in [2.24, 2.45) is 34.5 Å². The van der Waals surface area contributed by atoms with Crippen LogP contribution in [0.2, 0.25) is 0 Å². The third-order valence-corrected chi connectivity index (χ3v) is 9.76. The Morgan fingerprint density at radius 1 is 1.09 bits per heavy atom. The lowest BCUT2D eigenvalue weighted by Gasteiger charge is -2.56. The summed E-state index contributed by atoms with van der Waals surface area (Å²) < 4.78 is 10.5. The molecule has 7 nitrogen and oxygen atoms in total. The highest BCUT2D eigenvalue weighted by Gasteiger charge is 2.61. The second kappa shape index (κ2) is 9.87. The highest BCUT2D eigenvalue weighted by molar-refractivity contribution is 5.98. The van der Waals surface area contributed by atoms with Gasteiger partial charge in [0, 0.05) is 38.9 Å². The second-order valence-corrected chi connectivity index (χ2v) is 12.1. The molecular weight excluding hydrogens is 444 g/mol. The Hall–Kier alpha value is -1.89. The predicted octanol–water partition coefficient (Wildman–Crippen LogP) is 3.82. The maximum Gasteiger partial charge on any atom is 0.318 e. The molecule has 1 heterocycles. The number of likely N-dealkylation sites (tertiary alicyclic amines) is 1. The number of hydrogen-bond donors (Lipinski definition) is 1. The molecule has 5 aliphatic carbocycles. The van der Waals surface area contributed by atoms with Crippen molar-refractivity contribution in [2.75, 3.05) is 33.9 Å². The van der Waals surface area contributed by atoms with Crippen LogP contribution in [0.15, 0.2) is 11.8 Å². The number of nitrogens with one attached hydrogen (secondary N) is 1. The highest BCUT2D eigenvalue weighted by atomic mass is 16.5. The lowest BCUT2D eigenvalue weighted by Crippen LogP contribution is -2.51. The molecule has 1 aliphatic heterocycles. The van der Waals surface area contributed by atoms with Gasteiger partial charge in [-0.15, -0.1) is 0 Å². The van der Waals surface area contributed by atoms with E-state index in [2.05, 4.69) is 5.32 Å². The zero-order valence-electron chi connectivity index (χ0n) is 21.5. The van der Waals surface area contributed by atoms with Gasteiger partial charge < -0.3 is 19.7 Å². The van der Waals surface area contributed by atoms with Crippen LogP contribution in [0.5, 0.6) is 0 Å². The number of carbonyl (C=O) groups is 3. The average molecular weight is 487 g/mol. The van der Waals surface area contributed by atoms with E-state index in [0.29, 0.717) is 32.5 Å². The van der Waals surface area contributed by atoms with Crippen molar-refractivity contribution >= 4 is 17.8 Å². The maximum atomic E-state index is 13.7. The molecule has 5 fully saturated rings. The van der Waals surface area contributed by atoms with E-state index in [1.165, 1.54) is 45.6 Å². The molecule has 1 saturated heterocycles. The van der Waals surface area contributed by atoms with Gasteiger partial charge in [0.2, 0.25) is 11.8 Å². The van der Waals surface area contributed by atoms with Crippen LogP contribution in [-0.4, -0.2) is 56.6 Å². The predicted molar refractivity (Wildman–Crippen MR) is 131 cm³/mol. The quantitative estimate of drug-likeness (QED) is 0.396. The number of methoxy groups -OCH3 is 2. The van der Waals surface area contributed by atoms with Crippen LogP contribution >= 0.6 is 0 Å². The van der Waals surface area contributed by atoms with Gasteiger partial charge in [-0.3, -0.25) is 14.4 Å². The SMILES string of the molecule is COCCCN1C(=O)[C@H](CC(=O)NCC23CC4CC(CC(C4)C2)C3)[C@]2(C(=O)OC)CCCCC=C12. The fraction of sp³-hybridized carbons (Fsp3) is 0.821. The third kappa shape index (κ3) is 4.42. The first-order valence-corrected chi connectivity index (χ1v) is 13.8. The Morgan fingerprint density at radius 2 is 1.77 bits per heavy atom. The summed E-state index contributed by atoms with van der Waals surface area (Å²) in [7, 11) is 3.04. The molecule has 6 aliphatic rings. The molecule has 4 saturated carbocycles. The van der Waals surface area contributed by atoms with Crippen molar-refractivity contribution in [3.63, 3.8) is 0 Å². The number of esters is 1. The minimum atomic E-state index is -1.06. The normalized spacial score (nSPS) is 37.6. The molecule has 194 valence electrons. The summed E-state index contributed by atoms with van der Waals surface area (Å²) in [5.41, 5.74) is -0.0706. The Balaban J connectivity index is 1.33. The lowest BCUT2D eigenvalue weighted by molar-refractivity contribution is -0.155. The van der Waals surface area contributed by atoms with E-state index in [1.54, 1.807) is 12.0 Å². The lowest BCUT2D eigenvalue weighted by atomic mass is 9.49. The van der Waals surface area contributed by atoms with Gasteiger partial charge in [-0.05, 0) is 87.4 Å². The van der Waals surface area contributed by atoms with E-state index in [-0.39, 0.29) is 29.6 Å². The van der Waals surface area contributed by atoms with Crippen LogP contribution < -0.4 is 5.32 Å². The van der Waals surface area contributed by atoms with Crippen LogP contribution in [0.4, 0.5) is 0 Å². The van der Waals surface area contributed by atoms with Gasteiger partial charge in [0.15, 0.2) is 0 Å². The number of rotatable bonds is 9. The Kier molecular flexibility index (Phi) is 6.99. The number of fused-ring (bicyclic) bond motifs is 1. The standard InChI is InChI=1S/C28H42N2O5/c1-34-10-6-9-30-23-7-4-3-5-8-28(23,26(33)35-2)22(25(30)32)14-24(31)29-18-27-15-19-11-20(16-27)13-21(12-19)17-27/h7,19-22H,3-6,8-18H2,1-2H3,(H,29,31)/t19?,20?,21?,22-,27?,28+/m0/s1.